The fourth-order valence-corrected chi connectivity index (χ4v) is 5.62. The molecule has 2 heterocycles. The number of carbonyl (C=O) groups excluding carboxylic acids is 1. The summed E-state index contributed by atoms with van der Waals surface area (Å²) in [5.41, 5.74) is 17.4. The van der Waals surface area contributed by atoms with Crippen LogP contribution in [0.25, 0.3) is 22.0 Å². The van der Waals surface area contributed by atoms with E-state index in [1.54, 1.807) is 0 Å². The van der Waals surface area contributed by atoms with Crippen LogP contribution in [-0.4, -0.2) is 48.4 Å². The molecule has 190 valence electrons. The molecule has 1 aliphatic heterocycles. The standard InChI is InChI=1S/C29H32N6O2/c30-28-27-24(32-33-28)16-20(18-26(27)37-22-8-4-5-9-22)19-10-11-23(29(31)36)25(17-19)35-14-12-34(13-15-35)21-6-2-1-3-7-21/h1-3,6-7,10-11,16-18,22H,4-5,8-9,12-15H2,(H2,31,36)(H3,30,32,33). The fraction of sp³-hybridized carbons (Fsp3) is 0.310. The highest BCUT2D eigenvalue weighted by Gasteiger charge is 2.23. The zero-order valence-electron chi connectivity index (χ0n) is 20.8. The molecule has 0 unspecified atom stereocenters. The van der Waals surface area contributed by atoms with Gasteiger partial charge in [-0.15, -0.1) is 0 Å². The molecule has 8 nitrogen and oxygen atoms in total. The van der Waals surface area contributed by atoms with Crippen LogP contribution < -0.4 is 26.0 Å². The Morgan fingerprint density at radius 2 is 1.65 bits per heavy atom. The molecule has 0 spiro atoms. The molecule has 0 atom stereocenters. The number of primary amides is 1. The number of anilines is 3. The zero-order chi connectivity index (χ0) is 25.4. The first-order valence-corrected chi connectivity index (χ1v) is 13.0. The van der Waals surface area contributed by atoms with Crippen LogP contribution in [0.1, 0.15) is 36.0 Å². The number of hydrogen-bond donors (Lipinski definition) is 3. The van der Waals surface area contributed by atoms with E-state index in [1.807, 2.05) is 30.3 Å². The second kappa shape index (κ2) is 9.69. The number of nitrogen functional groups attached to an aromatic ring is 1. The number of fused-ring (bicyclic) bond motifs is 1. The van der Waals surface area contributed by atoms with Crippen LogP contribution in [0.5, 0.6) is 5.75 Å². The SMILES string of the molecule is NC(=O)c1ccc(-c2cc(OC3CCCC3)c3c(N)n[nH]c3c2)cc1N1CCN(c2ccccc2)CC1. The molecule has 6 rings (SSSR count). The number of amides is 1. The smallest absolute Gasteiger partial charge is 0.250 e. The predicted molar refractivity (Wildman–Crippen MR) is 148 cm³/mol. The Bertz CT molecular complexity index is 1420. The highest BCUT2D eigenvalue weighted by atomic mass is 16.5. The molecule has 1 amide bonds. The molecule has 2 aliphatic rings. The third kappa shape index (κ3) is 4.55. The van der Waals surface area contributed by atoms with Crippen LogP contribution in [0, 0.1) is 0 Å². The van der Waals surface area contributed by atoms with Crippen molar-refractivity contribution in [1.82, 2.24) is 10.2 Å². The van der Waals surface area contributed by atoms with E-state index < -0.39 is 5.91 Å². The lowest BCUT2D eigenvalue weighted by molar-refractivity contribution is 0.100. The van der Waals surface area contributed by atoms with E-state index >= 15 is 0 Å². The Hall–Kier alpha value is -4.20. The molecule has 37 heavy (non-hydrogen) atoms. The van der Waals surface area contributed by atoms with Crippen molar-refractivity contribution in [2.75, 3.05) is 41.7 Å². The molecule has 1 aliphatic carbocycles. The van der Waals surface area contributed by atoms with E-state index in [4.69, 9.17) is 16.2 Å². The third-order valence-corrected chi connectivity index (χ3v) is 7.59. The van der Waals surface area contributed by atoms with Gasteiger partial charge >= 0.3 is 0 Å². The minimum atomic E-state index is -0.422. The average Bonchev–Trinajstić information content (AvgIpc) is 3.58. The quantitative estimate of drug-likeness (QED) is 0.361. The first-order valence-electron chi connectivity index (χ1n) is 13.0. The Morgan fingerprint density at radius 3 is 2.38 bits per heavy atom. The summed E-state index contributed by atoms with van der Waals surface area (Å²) in [7, 11) is 0. The minimum Gasteiger partial charge on any atom is -0.490 e. The maximum atomic E-state index is 12.4. The maximum absolute atomic E-state index is 12.4. The number of nitrogens with two attached hydrogens (primary N) is 2. The molecule has 0 bridgehead atoms. The van der Waals surface area contributed by atoms with E-state index in [-0.39, 0.29) is 6.10 Å². The summed E-state index contributed by atoms with van der Waals surface area (Å²) in [6, 6.07) is 20.4. The first-order chi connectivity index (χ1) is 18.1. The summed E-state index contributed by atoms with van der Waals surface area (Å²) in [5.74, 6) is 0.771. The van der Waals surface area contributed by atoms with Crippen LogP contribution in [-0.2, 0) is 0 Å². The lowest BCUT2D eigenvalue weighted by Crippen LogP contribution is -2.47. The lowest BCUT2D eigenvalue weighted by Gasteiger charge is -2.38. The van der Waals surface area contributed by atoms with Gasteiger partial charge in [-0.3, -0.25) is 9.89 Å². The molecule has 1 saturated heterocycles. The monoisotopic (exact) mass is 496 g/mol. The number of nitrogens with one attached hydrogen (secondary N) is 1. The van der Waals surface area contributed by atoms with Gasteiger partial charge < -0.3 is 26.0 Å². The molecule has 4 aromatic rings. The molecule has 3 aromatic carbocycles. The van der Waals surface area contributed by atoms with Crippen molar-refractivity contribution in [1.29, 1.82) is 0 Å². The van der Waals surface area contributed by atoms with E-state index in [9.17, 15) is 4.79 Å². The van der Waals surface area contributed by atoms with E-state index in [2.05, 4.69) is 50.3 Å². The number of piperazine rings is 1. The highest BCUT2D eigenvalue weighted by Crippen LogP contribution is 2.38. The largest absolute Gasteiger partial charge is 0.490 e. The van der Waals surface area contributed by atoms with Gasteiger partial charge in [0.1, 0.15) is 5.75 Å². The van der Waals surface area contributed by atoms with Crippen molar-refractivity contribution < 1.29 is 9.53 Å². The van der Waals surface area contributed by atoms with E-state index in [0.29, 0.717) is 11.4 Å². The number of H-pyrrole nitrogens is 1. The molecule has 5 N–H and O–H groups in total. The van der Waals surface area contributed by atoms with E-state index in [0.717, 1.165) is 72.5 Å². The number of nitrogens with zero attached hydrogens (tertiary/aromatic N) is 3. The molecular weight excluding hydrogens is 464 g/mol. The topological polar surface area (TPSA) is 114 Å². The minimum absolute atomic E-state index is 0.196. The molecule has 0 radical (unpaired) electrons. The Labute approximate surface area is 216 Å². The second-order valence-corrected chi connectivity index (χ2v) is 9.94. The highest BCUT2D eigenvalue weighted by molar-refractivity contribution is 6.01. The van der Waals surface area contributed by atoms with Crippen molar-refractivity contribution in [2.45, 2.75) is 31.8 Å². The Morgan fingerprint density at radius 1 is 0.919 bits per heavy atom. The van der Waals surface area contributed by atoms with Gasteiger partial charge in [0, 0.05) is 31.9 Å². The summed E-state index contributed by atoms with van der Waals surface area (Å²) in [6.45, 7) is 3.33. The van der Waals surface area contributed by atoms with E-state index in [1.165, 1.54) is 18.5 Å². The number of aromatic nitrogens is 2. The van der Waals surface area contributed by atoms with Crippen molar-refractivity contribution >= 4 is 34.0 Å². The number of ether oxygens (including phenoxy) is 1. The van der Waals surface area contributed by atoms with Gasteiger partial charge in [0.15, 0.2) is 5.82 Å². The van der Waals surface area contributed by atoms with Crippen LogP contribution in [0.15, 0.2) is 60.7 Å². The number of carbonyl (C=O) groups is 1. The summed E-state index contributed by atoms with van der Waals surface area (Å²) in [6.07, 6.45) is 4.67. The van der Waals surface area contributed by atoms with Crippen molar-refractivity contribution in [3.8, 4) is 16.9 Å². The zero-order valence-corrected chi connectivity index (χ0v) is 20.8. The molecule has 1 saturated carbocycles. The number of para-hydroxylation sites is 1. The lowest BCUT2D eigenvalue weighted by atomic mass is 9.99. The number of benzene rings is 3. The number of rotatable bonds is 6. The van der Waals surface area contributed by atoms with Crippen LogP contribution in [0.3, 0.4) is 0 Å². The number of hydrogen-bond acceptors (Lipinski definition) is 6. The van der Waals surface area contributed by atoms with Crippen molar-refractivity contribution in [3.63, 3.8) is 0 Å². The normalized spacial score (nSPS) is 16.4. The molecule has 1 aromatic heterocycles. The van der Waals surface area contributed by atoms with Crippen LogP contribution in [0.4, 0.5) is 17.2 Å². The number of aromatic amines is 1. The van der Waals surface area contributed by atoms with Gasteiger partial charge in [-0.1, -0.05) is 24.3 Å². The Kier molecular flexibility index (Phi) is 6.08. The average molecular weight is 497 g/mol. The molecule has 2 fully saturated rings. The molecule has 8 heteroatoms. The van der Waals surface area contributed by atoms with Crippen LogP contribution >= 0.6 is 0 Å². The van der Waals surface area contributed by atoms with Gasteiger partial charge in [-0.05, 0) is 73.2 Å². The van der Waals surface area contributed by atoms with Gasteiger partial charge in [0.2, 0.25) is 0 Å². The predicted octanol–water partition coefficient (Wildman–Crippen LogP) is 4.56. The Balaban J connectivity index is 1.33. The maximum Gasteiger partial charge on any atom is 0.250 e. The van der Waals surface area contributed by atoms with Gasteiger partial charge in [-0.2, -0.15) is 5.10 Å². The molecular formula is C29H32N6O2. The summed E-state index contributed by atoms with van der Waals surface area (Å²) in [4.78, 5) is 17.0. The van der Waals surface area contributed by atoms with Gasteiger partial charge in [0.25, 0.3) is 5.91 Å². The third-order valence-electron chi connectivity index (χ3n) is 7.59. The fourth-order valence-electron chi connectivity index (χ4n) is 5.62. The summed E-state index contributed by atoms with van der Waals surface area (Å²) < 4.78 is 6.42. The first kappa shape index (κ1) is 23.2. The van der Waals surface area contributed by atoms with Gasteiger partial charge in [-0.25, -0.2) is 0 Å². The van der Waals surface area contributed by atoms with Crippen molar-refractivity contribution in [2.24, 2.45) is 5.73 Å². The second-order valence-electron chi connectivity index (χ2n) is 9.94. The summed E-state index contributed by atoms with van der Waals surface area (Å²) in [5, 5.41) is 8.09. The summed E-state index contributed by atoms with van der Waals surface area (Å²) >= 11 is 0. The van der Waals surface area contributed by atoms with Crippen molar-refractivity contribution in [3.05, 3.63) is 66.2 Å². The van der Waals surface area contributed by atoms with Crippen LogP contribution in [0.2, 0.25) is 0 Å². The van der Waals surface area contributed by atoms with Gasteiger partial charge in [0.05, 0.1) is 28.3 Å².